The van der Waals surface area contributed by atoms with E-state index in [4.69, 9.17) is 10.5 Å². The molecule has 0 saturated carbocycles. The number of para-hydroxylation sites is 1. The van der Waals surface area contributed by atoms with Gasteiger partial charge in [0, 0.05) is 17.7 Å². The highest BCUT2D eigenvalue weighted by atomic mass is 16.1. The van der Waals surface area contributed by atoms with E-state index in [-0.39, 0.29) is 18.9 Å². The molecule has 0 aliphatic carbocycles. The molecular formula is C13H13N3O. The van der Waals surface area contributed by atoms with Crippen molar-refractivity contribution >= 4 is 11.5 Å². The maximum Gasteiger partial charge on any atom is 0.164 e. The summed E-state index contributed by atoms with van der Waals surface area (Å²) in [4.78, 5) is 13.4. The lowest BCUT2D eigenvalue weighted by molar-refractivity contribution is 0.0988. The minimum atomic E-state index is 0.0153. The summed E-state index contributed by atoms with van der Waals surface area (Å²) in [5.41, 5.74) is 1.22. The molecule has 1 aromatic rings. The van der Waals surface area contributed by atoms with Crippen molar-refractivity contribution in [1.29, 1.82) is 10.5 Å². The number of rotatable bonds is 5. The molecule has 0 N–H and O–H groups in total. The third-order valence-corrected chi connectivity index (χ3v) is 2.39. The number of benzene rings is 1. The van der Waals surface area contributed by atoms with Gasteiger partial charge in [-0.05, 0) is 12.1 Å². The molecule has 86 valence electrons. The van der Waals surface area contributed by atoms with Gasteiger partial charge in [-0.2, -0.15) is 10.5 Å². The third kappa shape index (κ3) is 3.06. The Morgan fingerprint density at radius 2 is 1.82 bits per heavy atom. The Labute approximate surface area is 101 Å². The first-order valence-corrected chi connectivity index (χ1v) is 5.35. The SMILES string of the molecule is CCC(=O)c1ccccc1N(CC#N)CC#N. The molecule has 0 bridgehead atoms. The molecule has 4 nitrogen and oxygen atoms in total. The standard InChI is InChI=1S/C13H13N3O/c1-2-13(17)11-5-3-4-6-12(11)16(9-7-14)10-8-15/h3-6H,2,9-10H2,1H3. The monoisotopic (exact) mass is 227 g/mol. The number of nitriles is 2. The molecule has 4 heteroatoms. The first kappa shape index (κ1) is 12.7. The van der Waals surface area contributed by atoms with Gasteiger partial charge < -0.3 is 4.90 Å². The van der Waals surface area contributed by atoms with Crippen LogP contribution in [-0.2, 0) is 0 Å². The Balaban J connectivity index is 3.15. The van der Waals surface area contributed by atoms with Crippen molar-refractivity contribution in [2.45, 2.75) is 13.3 Å². The largest absolute Gasteiger partial charge is 0.344 e. The van der Waals surface area contributed by atoms with Gasteiger partial charge >= 0.3 is 0 Å². The van der Waals surface area contributed by atoms with E-state index in [2.05, 4.69) is 0 Å². The van der Waals surface area contributed by atoms with E-state index in [0.29, 0.717) is 17.7 Å². The van der Waals surface area contributed by atoms with Crippen LogP contribution in [0.1, 0.15) is 23.7 Å². The van der Waals surface area contributed by atoms with Crippen LogP contribution in [0.3, 0.4) is 0 Å². The summed E-state index contributed by atoms with van der Waals surface area (Å²) < 4.78 is 0. The second kappa shape index (κ2) is 6.30. The number of carbonyl (C=O) groups is 1. The van der Waals surface area contributed by atoms with E-state index in [0.717, 1.165) is 0 Å². The van der Waals surface area contributed by atoms with Crippen molar-refractivity contribution in [3.8, 4) is 12.1 Å². The predicted molar refractivity (Wildman–Crippen MR) is 64.5 cm³/mol. The van der Waals surface area contributed by atoms with Crippen LogP contribution in [0, 0.1) is 22.7 Å². The predicted octanol–water partition coefficient (Wildman–Crippen LogP) is 2.13. The van der Waals surface area contributed by atoms with Gasteiger partial charge in [0.15, 0.2) is 5.78 Å². The highest BCUT2D eigenvalue weighted by molar-refractivity contribution is 6.01. The summed E-state index contributed by atoms with van der Waals surface area (Å²) in [6.45, 7) is 1.99. The summed E-state index contributed by atoms with van der Waals surface area (Å²) in [5, 5.41) is 17.5. The topological polar surface area (TPSA) is 67.9 Å². The average molecular weight is 227 g/mol. The van der Waals surface area contributed by atoms with E-state index in [1.807, 2.05) is 12.1 Å². The third-order valence-electron chi connectivity index (χ3n) is 2.39. The molecule has 0 unspecified atom stereocenters. The summed E-state index contributed by atoms with van der Waals surface area (Å²) in [6, 6.07) is 11.1. The maximum atomic E-state index is 11.8. The second-order valence-corrected chi connectivity index (χ2v) is 3.47. The van der Waals surface area contributed by atoms with Gasteiger partial charge in [0.05, 0.1) is 12.1 Å². The molecule has 0 aliphatic rings. The Bertz CT molecular complexity index is 466. The van der Waals surface area contributed by atoms with Crippen LogP contribution < -0.4 is 4.90 Å². The zero-order valence-electron chi connectivity index (χ0n) is 9.68. The minimum Gasteiger partial charge on any atom is -0.344 e. The van der Waals surface area contributed by atoms with Crippen LogP contribution >= 0.6 is 0 Å². The van der Waals surface area contributed by atoms with Gasteiger partial charge in [0.1, 0.15) is 13.1 Å². The zero-order chi connectivity index (χ0) is 12.7. The van der Waals surface area contributed by atoms with E-state index < -0.39 is 0 Å². The lowest BCUT2D eigenvalue weighted by Gasteiger charge is -2.20. The van der Waals surface area contributed by atoms with E-state index >= 15 is 0 Å². The number of carbonyl (C=O) groups excluding carboxylic acids is 1. The molecule has 1 aromatic carbocycles. The summed E-state index contributed by atoms with van der Waals surface area (Å²) >= 11 is 0. The highest BCUT2D eigenvalue weighted by Crippen LogP contribution is 2.21. The summed E-state index contributed by atoms with van der Waals surface area (Å²) in [5.74, 6) is 0.0153. The van der Waals surface area contributed by atoms with Gasteiger partial charge in [-0.15, -0.1) is 0 Å². The normalized spacial score (nSPS) is 9.12. The van der Waals surface area contributed by atoms with Crippen LogP contribution in [0.25, 0.3) is 0 Å². The van der Waals surface area contributed by atoms with E-state index in [9.17, 15) is 4.79 Å². The molecule has 0 atom stereocenters. The molecule has 0 spiro atoms. The van der Waals surface area contributed by atoms with Gasteiger partial charge in [-0.1, -0.05) is 19.1 Å². The second-order valence-electron chi connectivity index (χ2n) is 3.47. The molecule has 0 amide bonds. The maximum absolute atomic E-state index is 11.8. The van der Waals surface area contributed by atoms with E-state index in [1.165, 1.54) is 0 Å². The van der Waals surface area contributed by atoms with Crippen molar-refractivity contribution in [3.63, 3.8) is 0 Å². The van der Waals surface area contributed by atoms with Gasteiger partial charge in [-0.3, -0.25) is 4.79 Å². The van der Waals surface area contributed by atoms with Crippen molar-refractivity contribution in [2.75, 3.05) is 18.0 Å². The zero-order valence-corrected chi connectivity index (χ0v) is 9.68. The number of nitrogens with zero attached hydrogens (tertiary/aromatic N) is 3. The van der Waals surface area contributed by atoms with Gasteiger partial charge in [0.2, 0.25) is 0 Å². The van der Waals surface area contributed by atoms with Crippen LogP contribution in [0.15, 0.2) is 24.3 Å². The Morgan fingerprint density at radius 3 is 2.35 bits per heavy atom. The van der Waals surface area contributed by atoms with E-state index in [1.54, 1.807) is 36.1 Å². The van der Waals surface area contributed by atoms with Crippen molar-refractivity contribution in [2.24, 2.45) is 0 Å². The fourth-order valence-corrected chi connectivity index (χ4v) is 1.57. The fraction of sp³-hybridized carbons (Fsp3) is 0.308. The average Bonchev–Trinajstić information content (AvgIpc) is 2.37. The molecule has 0 aromatic heterocycles. The number of hydrogen-bond donors (Lipinski definition) is 0. The van der Waals surface area contributed by atoms with Crippen LogP contribution in [0.4, 0.5) is 5.69 Å². The number of Topliss-reactive ketones (excluding diaryl/α,β-unsaturated/α-hetero) is 1. The lowest BCUT2D eigenvalue weighted by Crippen LogP contribution is -2.25. The Morgan fingerprint density at radius 1 is 1.24 bits per heavy atom. The van der Waals surface area contributed by atoms with Gasteiger partial charge in [-0.25, -0.2) is 0 Å². The minimum absolute atomic E-state index is 0.0153. The first-order valence-electron chi connectivity index (χ1n) is 5.35. The van der Waals surface area contributed by atoms with Crippen molar-refractivity contribution in [3.05, 3.63) is 29.8 Å². The Hall–Kier alpha value is -2.33. The molecule has 0 heterocycles. The Kier molecular flexibility index (Phi) is 4.72. The molecule has 0 radical (unpaired) electrons. The van der Waals surface area contributed by atoms with Crippen LogP contribution in [-0.4, -0.2) is 18.9 Å². The number of hydrogen-bond acceptors (Lipinski definition) is 4. The molecule has 0 fully saturated rings. The molecule has 1 rings (SSSR count). The first-order chi connectivity index (χ1) is 8.24. The molecule has 17 heavy (non-hydrogen) atoms. The van der Waals surface area contributed by atoms with Crippen molar-refractivity contribution < 1.29 is 4.79 Å². The molecular weight excluding hydrogens is 214 g/mol. The van der Waals surface area contributed by atoms with Gasteiger partial charge in [0.25, 0.3) is 0 Å². The van der Waals surface area contributed by atoms with Crippen LogP contribution in [0.2, 0.25) is 0 Å². The number of anilines is 1. The fourth-order valence-electron chi connectivity index (χ4n) is 1.57. The highest BCUT2D eigenvalue weighted by Gasteiger charge is 2.14. The molecule has 0 aliphatic heterocycles. The molecule has 0 saturated heterocycles. The number of ketones is 1. The lowest BCUT2D eigenvalue weighted by atomic mass is 10.1. The van der Waals surface area contributed by atoms with Crippen LogP contribution in [0.5, 0.6) is 0 Å². The quantitative estimate of drug-likeness (QED) is 0.570. The smallest absolute Gasteiger partial charge is 0.164 e. The van der Waals surface area contributed by atoms with Crippen molar-refractivity contribution in [1.82, 2.24) is 0 Å². The summed E-state index contributed by atoms with van der Waals surface area (Å²) in [7, 11) is 0. The summed E-state index contributed by atoms with van der Waals surface area (Å²) in [6.07, 6.45) is 0.407.